The van der Waals surface area contributed by atoms with Crippen molar-refractivity contribution in [2.24, 2.45) is 0 Å². The number of nitrogens with two attached hydrogens (primary N) is 2. The van der Waals surface area contributed by atoms with E-state index in [4.69, 9.17) is 42.5 Å². The fraction of sp³-hybridized carbons (Fsp3) is 0.500. The molecule has 1 aliphatic heterocycles. The number of nitrogen functional groups attached to an aromatic ring is 2. The monoisotopic (exact) mass is 556 g/mol. The van der Waals surface area contributed by atoms with Crippen molar-refractivity contribution in [1.29, 1.82) is 0 Å². The quantitative estimate of drug-likeness (QED) is 0.137. The molecule has 1 aliphatic rings. The number of imidazole rings is 1. The molecule has 10 N–H and O–H groups in total. The molecule has 0 aromatic carbocycles. The number of fused-ring (bicyclic) bond motifs is 1. The summed E-state index contributed by atoms with van der Waals surface area (Å²) in [5, 5.41) is 20.3. The topological polar surface area (TPSA) is 305 Å². The van der Waals surface area contributed by atoms with Crippen LogP contribution in [0.5, 0.6) is 0 Å². The summed E-state index contributed by atoms with van der Waals surface area (Å²) < 4.78 is 51.8. The molecule has 19 nitrogen and oxygen atoms in total. The van der Waals surface area contributed by atoms with Crippen LogP contribution in [0.2, 0.25) is 5.28 Å². The Labute approximate surface area is 187 Å². The number of halogens is 1. The second kappa shape index (κ2) is 9.07. The second-order valence-electron chi connectivity index (χ2n) is 6.32. The average Bonchev–Trinajstić information content (AvgIpc) is 3.07. The first-order chi connectivity index (χ1) is 15.0. The Morgan fingerprint density at radius 2 is 1.64 bits per heavy atom. The summed E-state index contributed by atoms with van der Waals surface area (Å²) >= 11 is 6.05. The van der Waals surface area contributed by atoms with Crippen LogP contribution in [0.3, 0.4) is 0 Å². The standard InChI is InChI=1S/C10H16ClN6O13P3/c11-9-14-3-6(12)15-10(13)16-7(3)17(9)8-5(19)4(18)2(28-8)1-27-32(23,24)30-33(25,26)29-31(20,21)22/h2,4-5,8,18-19H,1H2,(H,23,24)(H,25,26)(H2,20,21,22)(H4,12,13,15,16)/t2-,4-,5-,8-/m1/s1. The molecule has 6 atom stereocenters. The van der Waals surface area contributed by atoms with E-state index in [2.05, 4.69) is 28.1 Å². The number of phosphoric acid groups is 3. The lowest BCUT2D eigenvalue weighted by atomic mass is 10.1. The maximum atomic E-state index is 11.8. The molecule has 3 rings (SSSR count). The Bertz CT molecular complexity index is 1210. The first kappa shape index (κ1) is 26.3. The maximum absolute atomic E-state index is 11.8. The van der Waals surface area contributed by atoms with Crippen LogP contribution in [-0.4, -0.2) is 74.2 Å². The van der Waals surface area contributed by atoms with Crippen LogP contribution >= 0.6 is 35.1 Å². The minimum Gasteiger partial charge on any atom is -0.387 e. The number of nitrogens with zero attached hydrogens (tertiary/aromatic N) is 4. The first-order valence-corrected chi connectivity index (χ1v) is 13.2. The van der Waals surface area contributed by atoms with Gasteiger partial charge in [-0.3, -0.25) is 9.09 Å². The highest BCUT2D eigenvalue weighted by Gasteiger charge is 2.47. The number of phosphoric ester groups is 1. The van der Waals surface area contributed by atoms with Crippen LogP contribution in [-0.2, 0) is 31.6 Å². The molecular formula is C10H16ClN6O13P3. The zero-order chi connectivity index (χ0) is 24.9. The fourth-order valence-corrected chi connectivity index (χ4v) is 6.05. The summed E-state index contributed by atoms with van der Waals surface area (Å²) in [4.78, 5) is 47.2. The van der Waals surface area contributed by atoms with Crippen molar-refractivity contribution < 1.29 is 61.4 Å². The van der Waals surface area contributed by atoms with Gasteiger partial charge in [0, 0.05) is 0 Å². The number of hydrogen-bond donors (Lipinski definition) is 8. The van der Waals surface area contributed by atoms with Gasteiger partial charge in [-0.2, -0.15) is 18.6 Å². The molecule has 0 bridgehead atoms. The van der Waals surface area contributed by atoms with E-state index in [0.29, 0.717) is 0 Å². The van der Waals surface area contributed by atoms with E-state index in [0.717, 1.165) is 4.57 Å². The van der Waals surface area contributed by atoms with Crippen molar-refractivity contribution in [3.05, 3.63) is 5.28 Å². The number of aromatic nitrogens is 4. The highest BCUT2D eigenvalue weighted by Crippen LogP contribution is 2.66. The molecule has 1 saturated heterocycles. The van der Waals surface area contributed by atoms with Gasteiger partial charge in [-0.25, -0.2) is 18.7 Å². The van der Waals surface area contributed by atoms with Crippen LogP contribution in [0.4, 0.5) is 11.8 Å². The number of aliphatic hydroxyl groups is 2. The highest BCUT2D eigenvalue weighted by molar-refractivity contribution is 7.66. The third-order valence-electron chi connectivity index (χ3n) is 3.95. The maximum Gasteiger partial charge on any atom is 0.490 e. The van der Waals surface area contributed by atoms with Crippen molar-refractivity contribution in [3.8, 4) is 0 Å². The Balaban J connectivity index is 1.76. The second-order valence-corrected chi connectivity index (χ2v) is 11.1. The fourth-order valence-electron chi connectivity index (χ4n) is 2.76. The van der Waals surface area contributed by atoms with Crippen LogP contribution in [0.1, 0.15) is 6.23 Å². The molecule has 2 unspecified atom stereocenters. The molecule has 33 heavy (non-hydrogen) atoms. The molecule has 0 amide bonds. The summed E-state index contributed by atoms with van der Waals surface area (Å²) in [6.45, 7) is -1.03. The highest BCUT2D eigenvalue weighted by atomic mass is 35.5. The SMILES string of the molecule is Nc1nc(N)c2nc(Cl)n([C@@H]3O[C@H](COP(=O)(O)OP(=O)(O)OP(=O)(O)O)[C@@H](O)[C@H]3O)c2n1. The third-order valence-corrected chi connectivity index (χ3v) is 8.02. The number of aliphatic hydroxyl groups excluding tert-OH is 2. The Kier molecular flexibility index (Phi) is 7.24. The van der Waals surface area contributed by atoms with Gasteiger partial charge in [0.25, 0.3) is 0 Å². The minimum absolute atomic E-state index is 0.00352. The number of hydrogen-bond acceptors (Lipinski definition) is 14. The lowest BCUT2D eigenvalue weighted by Gasteiger charge is -2.19. The predicted molar refractivity (Wildman–Crippen MR) is 105 cm³/mol. The average molecular weight is 557 g/mol. The van der Waals surface area contributed by atoms with Crippen LogP contribution in [0, 0.1) is 0 Å². The van der Waals surface area contributed by atoms with Crippen LogP contribution in [0.15, 0.2) is 0 Å². The molecule has 0 radical (unpaired) electrons. The first-order valence-electron chi connectivity index (χ1n) is 8.26. The van der Waals surface area contributed by atoms with E-state index >= 15 is 0 Å². The van der Waals surface area contributed by atoms with Gasteiger partial charge in [0.2, 0.25) is 11.2 Å². The molecule has 3 heterocycles. The molecule has 186 valence electrons. The Morgan fingerprint density at radius 3 is 2.24 bits per heavy atom. The van der Waals surface area contributed by atoms with E-state index in [1.165, 1.54) is 0 Å². The number of rotatable bonds is 8. The zero-order valence-corrected chi connectivity index (χ0v) is 19.2. The molecular weight excluding hydrogens is 541 g/mol. The van der Waals surface area contributed by atoms with Crippen LogP contribution in [0.25, 0.3) is 11.2 Å². The largest absolute Gasteiger partial charge is 0.490 e. The van der Waals surface area contributed by atoms with Gasteiger partial charge in [-0.15, -0.1) is 0 Å². The minimum atomic E-state index is -5.74. The van der Waals surface area contributed by atoms with Crippen molar-refractivity contribution in [3.63, 3.8) is 0 Å². The van der Waals surface area contributed by atoms with Gasteiger partial charge in [0.1, 0.15) is 18.3 Å². The molecule has 0 saturated carbocycles. The number of anilines is 2. The molecule has 2 aromatic rings. The van der Waals surface area contributed by atoms with E-state index in [9.17, 15) is 28.8 Å². The molecule has 23 heteroatoms. The summed E-state index contributed by atoms with van der Waals surface area (Å²) in [7, 11) is -16.8. The summed E-state index contributed by atoms with van der Waals surface area (Å²) in [6.07, 6.45) is -6.54. The van der Waals surface area contributed by atoms with E-state index in [-0.39, 0.29) is 28.2 Å². The lowest BCUT2D eigenvalue weighted by Crippen LogP contribution is -2.33. The van der Waals surface area contributed by atoms with Gasteiger partial charge in [0.15, 0.2) is 23.2 Å². The van der Waals surface area contributed by atoms with Gasteiger partial charge in [-0.1, -0.05) is 0 Å². The van der Waals surface area contributed by atoms with Gasteiger partial charge < -0.3 is 46.0 Å². The van der Waals surface area contributed by atoms with Crippen LogP contribution < -0.4 is 11.5 Å². The Morgan fingerprint density at radius 1 is 1.00 bits per heavy atom. The van der Waals surface area contributed by atoms with Gasteiger partial charge in [0.05, 0.1) is 6.61 Å². The van der Waals surface area contributed by atoms with Crippen molar-refractivity contribution >= 4 is 58.0 Å². The van der Waals surface area contributed by atoms with E-state index < -0.39 is 54.6 Å². The van der Waals surface area contributed by atoms with Crippen molar-refractivity contribution in [2.45, 2.75) is 24.5 Å². The number of ether oxygens (including phenoxy) is 1. The summed E-state index contributed by atoms with van der Waals surface area (Å²) in [6, 6.07) is 0. The zero-order valence-electron chi connectivity index (χ0n) is 15.7. The summed E-state index contributed by atoms with van der Waals surface area (Å²) in [5.74, 6) is -0.412. The predicted octanol–water partition coefficient (Wildman–Crippen LogP) is -1.39. The van der Waals surface area contributed by atoms with Crippen molar-refractivity contribution in [2.75, 3.05) is 18.1 Å². The normalized spacial score (nSPS) is 27.5. The molecule has 0 spiro atoms. The van der Waals surface area contributed by atoms with Gasteiger partial charge in [-0.05, 0) is 11.6 Å². The van der Waals surface area contributed by atoms with E-state index in [1.54, 1.807) is 0 Å². The molecule has 0 aliphatic carbocycles. The van der Waals surface area contributed by atoms with Gasteiger partial charge >= 0.3 is 23.5 Å². The molecule has 1 fully saturated rings. The van der Waals surface area contributed by atoms with E-state index in [1.807, 2.05) is 0 Å². The third kappa shape index (κ3) is 6.05. The lowest BCUT2D eigenvalue weighted by molar-refractivity contribution is -0.0501. The smallest absolute Gasteiger partial charge is 0.387 e. The summed E-state index contributed by atoms with van der Waals surface area (Å²) in [5.41, 5.74) is 11.2. The van der Waals surface area contributed by atoms with Crippen molar-refractivity contribution in [1.82, 2.24) is 19.5 Å². The molecule has 2 aromatic heterocycles. The Hall–Kier alpha value is -1.27.